The maximum atomic E-state index is 12.6. The van der Waals surface area contributed by atoms with Crippen LogP contribution in [0.3, 0.4) is 0 Å². The molecule has 4 rings (SSSR count). The summed E-state index contributed by atoms with van der Waals surface area (Å²) in [6, 6.07) is 18.4. The zero-order valence-corrected chi connectivity index (χ0v) is 17.1. The second-order valence-corrected chi connectivity index (χ2v) is 7.21. The zero-order chi connectivity index (χ0) is 20.9. The number of nitrogens with one attached hydrogen (secondary N) is 1. The topological polar surface area (TPSA) is 69.3 Å². The van der Waals surface area contributed by atoms with E-state index in [9.17, 15) is 4.79 Å². The van der Waals surface area contributed by atoms with E-state index in [4.69, 9.17) is 20.8 Å². The Morgan fingerprint density at radius 1 is 1.17 bits per heavy atom. The van der Waals surface area contributed by atoms with Gasteiger partial charge in [0.15, 0.2) is 5.76 Å². The first kappa shape index (κ1) is 19.8. The lowest BCUT2D eigenvalue weighted by Crippen LogP contribution is -2.11. The standard InChI is InChI=1S/C23H20ClN3O3/c1-16-5-2-8-20(24)22(16)29-15-19-9-10-21(30-19)23(28)26-18-7-3-6-17(13-18)14-27-12-4-11-25-27/h2-13H,14-15H2,1H3,(H,26,28). The normalized spacial score (nSPS) is 10.7. The summed E-state index contributed by atoms with van der Waals surface area (Å²) in [6.07, 6.45) is 3.62. The Morgan fingerprint density at radius 3 is 2.83 bits per heavy atom. The second kappa shape index (κ2) is 8.88. The Hall–Kier alpha value is -3.51. The van der Waals surface area contributed by atoms with Gasteiger partial charge in [0, 0.05) is 18.1 Å². The fourth-order valence-electron chi connectivity index (χ4n) is 3.04. The zero-order valence-electron chi connectivity index (χ0n) is 16.3. The Kier molecular flexibility index (Phi) is 5.86. The van der Waals surface area contributed by atoms with Crippen LogP contribution in [0, 0.1) is 6.92 Å². The molecule has 2 aromatic heterocycles. The molecule has 0 aliphatic rings. The third-order valence-electron chi connectivity index (χ3n) is 4.50. The number of aromatic nitrogens is 2. The Bertz CT molecular complexity index is 1130. The molecule has 4 aromatic rings. The Morgan fingerprint density at radius 2 is 2.03 bits per heavy atom. The van der Waals surface area contributed by atoms with E-state index in [0.29, 0.717) is 28.8 Å². The summed E-state index contributed by atoms with van der Waals surface area (Å²) in [6.45, 7) is 2.72. The number of furan rings is 1. The van der Waals surface area contributed by atoms with Gasteiger partial charge < -0.3 is 14.5 Å². The predicted molar refractivity (Wildman–Crippen MR) is 115 cm³/mol. The lowest BCUT2D eigenvalue weighted by molar-refractivity contribution is 0.0992. The molecule has 1 amide bonds. The molecule has 0 unspecified atom stereocenters. The van der Waals surface area contributed by atoms with E-state index in [-0.39, 0.29) is 18.3 Å². The molecule has 7 heteroatoms. The minimum absolute atomic E-state index is 0.178. The van der Waals surface area contributed by atoms with Crippen LogP contribution in [0.4, 0.5) is 5.69 Å². The van der Waals surface area contributed by atoms with Gasteiger partial charge in [-0.15, -0.1) is 0 Å². The molecule has 6 nitrogen and oxygen atoms in total. The Labute approximate surface area is 179 Å². The van der Waals surface area contributed by atoms with Crippen molar-refractivity contribution in [2.24, 2.45) is 0 Å². The van der Waals surface area contributed by atoms with Gasteiger partial charge in [-0.2, -0.15) is 5.10 Å². The number of hydrogen-bond donors (Lipinski definition) is 1. The summed E-state index contributed by atoms with van der Waals surface area (Å²) in [7, 11) is 0. The van der Waals surface area contributed by atoms with E-state index in [0.717, 1.165) is 11.1 Å². The maximum Gasteiger partial charge on any atom is 0.291 e. The van der Waals surface area contributed by atoms with Gasteiger partial charge in [-0.1, -0.05) is 35.9 Å². The van der Waals surface area contributed by atoms with Gasteiger partial charge in [0.25, 0.3) is 5.91 Å². The van der Waals surface area contributed by atoms with Crippen LogP contribution in [0.5, 0.6) is 5.75 Å². The largest absolute Gasteiger partial charge is 0.484 e. The summed E-state index contributed by atoms with van der Waals surface area (Å²) in [5, 5.41) is 7.59. The summed E-state index contributed by atoms with van der Waals surface area (Å²) in [5.74, 6) is 1.02. The number of anilines is 1. The van der Waals surface area contributed by atoms with Crippen LogP contribution in [0.1, 0.15) is 27.4 Å². The fourth-order valence-corrected chi connectivity index (χ4v) is 3.32. The monoisotopic (exact) mass is 421 g/mol. The number of ether oxygens (including phenoxy) is 1. The first-order chi connectivity index (χ1) is 14.6. The van der Waals surface area contributed by atoms with Gasteiger partial charge in [-0.3, -0.25) is 9.48 Å². The number of rotatable bonds is 7. The average molecular weight is 422 g/mol. The highest BCUT2D eigenvalue weighted by Crippen LogP contribution is 2.28. The number of aryl methyl sites for hydroxylation is 1. The summed E-state index contributed by atoms with van der Waals surface area (Å²) in [5.41, 5.74) is 2.65. The van der Waals surface area contributed by atoms with Crippen LogP contribution >= 0.6 is 11.6 Å². The van der Waals surface area contributed by atoms with Crippen molar-refractivity contribution >= 4 is 23.2 Å². The Balaban J connectivity index is 1.38. The number of halogens is 1. The molecule has 0 spiro atoms. The number of carbonyl (C=O) groups is 1. The third-order valence-corrected chi connectivity index (χ3v) is 4.79. The maximum absolute atomic E-state index is 12.6. The molecule has 1 N–H and O–H groups in total. The highest BCUT2D eigenvalue weighted by Gasteiger charge is 2.13. The number of nitrogens with zero attached hydrogens (tertiary/aromatic N) is 2. The third kappa shape index (κ3) is 4.72. The average Bonchev–Trinajstić information content (AvgIpc) is 3.40. The van der Waals surface area contributed by atoms with E-state index < -0.39 is 0 Å². The van der Waals surface area contributed by atoms with Crippen LogP contribution in [0.25, 0.3) is 0 Å². The first-order valence-corrected chi connectivity index (χ1v) is 9.80. The van der Waals surface area contributed by atoms with Gasteiger partial charge in [0.2, 0.25) is 0 Å². The highest BCUT2D eigenvalue weighted by molar-refractivity contribution is 6.32. The molecular weight excluding hydrogens is 402 g/mol. The minimum Gasteiger partial charge on any atom is -0.484 e. The van der Waals surface area contributed by atoms with Crippen LogP contribution in [0.15, 0.2) is 77.5 Å². The molecule has 0 atom stereocenters. The van der Waals surface area contributed by atoms with Crippen LogP contribution in [-0.4, -0.2) is 15.7 Å². The van der Waals surface area contributed by atoms with Crippen LogP contribution in [0.2, 0.25) is 5.02 Å². The highest BCUT2D eigenvalue weighted by atomic mass is 35.5. The van der Waals surface area contributed by atoms with Crippen molar-refractivity contribution in [1.29, 1.82) is 0 Å². The SMILES string of the molecule is Cc1cccc(Cl)c1OCc1ccc(C(=O)Nc2cccc(Cn3cccn3)c2)o1. The smallest absolute Gasteiger partial charge is 0.291 e. The molecule has 152 valence electrons. The van der Waals surface area contributed by atoms with Gasteiger partial charge in [0.05, 0.1) is 11.6 Å². The van der Waals surface area contributed by atoms with Crippen molar-refractivity contribution < 1.29 is 13.9 Å². The number of benzene rings is 2. The van der Waals surface area contributed by atoms with Gasteiger partial charge in [-0.25, -0.2) is 0 Å². The second-order valence-electron chi connectivity index (χ2n) is 6.80. The van der Waals surface area contributed by atoms with Gasteiger partial charge >= 0.3 is 0 Å². The molecule has 2 heterocycles. The van der Waals surface area contributed by atoms with Crippen LogP contribution in [-0.2, 0) is 13.2 Å². The quantitative estimate of drug-likeness (QED) is 0.438. The molecule has 0 radical (unpaired) electrons. The number of para-hydroxylation sites is 1. The molecule has 0 saturated carbocycles. The lowest BCUT2D eigenvalue weighted by Gasteiger charge is -2.09. The fraction of sp³-hybridized carbons (Fsp3) is 0.130. The van der Waals surface area contributed by atoms with Crippen molar-refractivity contribution in [2.75, 3.05) is 5.32 Å². The van der Waals surface area contributed by atoms with Crippen molar-refractivity contribution in [3.8, 4) is 5.75 Å². The molecule has 0 fully saturated rings. The molecule has 2 aromatic carbocycles. The minimum atomic E-state index is -0.327. The van der Waals surface area contributed by atoms with Crippen molar-refractivity contribution in [1.82, 2.24) is 9.78 Å². The van der Waals surface area contributed by atoms with E-state index >= 15 is 0 Å². The van der Waals surface area contributed by atoms with Crippen molar-refractivity contribution in [3.05, 3.63) is 101 Å². The van der Waals surface area contributed by atoms with Gasteiger partial charge in [-0.05, 0) is 54.4 Å². The summed E-state index contributed by atoms with van der Waals surface area (Å²) >= 11 is 6.17. The molecule has 0 aliphatic heterocycles. The summed E-state index contributed by atoms with van der Waals surface area (Å²) < 4.78 is 13.2. The van der Waals surface area contributed by atoms with E-state index in [1.54, 1.807) is 24.4 Å². The first-order valence-electron chi connectivity index (χ1n) is 9.43. The van der Waals surface area contributed by atoms with Crippen molar-refractivity contribution in [3.63, 3.8) is 0 Å². The molecule has 0 saturated heterocycles. The molecule has 0 aliphatic carbocycles. The molecular formula is C23H20ClN3O3. The van der Waals surface area contributed by atoms with Crippen LogP contribution < -0.4 is 10.1 Å². The predicted octanol–water partition coefficient (Wildman–Crippen LogP) is 5.32. The number of amides is 1. The van der Waals surface area contributed by atoms with Gasteiger partial charge in [0.1, 0.15) is 18.1 Å². The lowest BCUT2D eigenvalue weighted by atomic mass is 10.2. The van der Waals surface area contributed by atoms with E-state index in [1.165, 1.54) is 0 Å². The molecule has 30 heavy (non-hydrogen) atoms. The van der Waals surface area contributed by atoms with Crippen molar-refractivity contribution in [2.45, 2.75) is 20.1 Å². The van der Waals surface area contributed by atoms with E-state index in [2.05, 4.69) is 10.4 Å². The molecule has 0 bridgehead atoms. The van der Waals surface area contributed by atoms with E-state index in [1.807, 2.05) is 60.3 Å². The summed E-state index contributed by atoms with van der Waals surface area (Å²) in [4.78, 5) is 12.6. The number of hydrogen-bond acceptors (Lipinski definition) is 4. The number of carbonyl (C=O) groups excluding carboxylic acids is 1.